The van der Waals surface area contributed by atoms with E-state index in [2.05, 4.69) is 5.09 Å². The third-order valence-corrected chi connectivity index (χ3v) is 7.30. The number of rotatable bonds is 3. The van der Waals surface area contributed by atoms with Gasteiger partial charge in [-0.3, -0.25) is 28.6 Å². The Hall–Kier alpha value is -3.05. The van der Waals surface area contributed by atoms with E-state index in [9.17, 15) is 23.7 Å². The van der Waals surface area contributed by atoms with Crippen LogP contribution in [0.3, 0.4) is 0 Å². The molecule has 1 amide bonds. The lowest BCUT2D eigenvalue weighted by molar-refractivity contribution is -0.156. The van der Waals surface area contributed by atoms with Crippen molar-refractivity contribution in [2.75, 3.05) is 13.2 Å². The molecule has 1 unspecified atom stereocenters. The second-order valence-electron chi connectivity index (χ2n) is 8.47. The van der Waals surface area contributed by atoms with Crippen molar-refractivity contribution in [1.29, 1.82) is 0 Å². The van der Waals surface area contributed by atoms with Crippen LogP contribution in [0.15, 0.2) is 42.6 Å². The number of nitrogens with zero attached hydrogens (tertiary/aromatic N) is 1. The summed E-state index contributed by atoms with van der Waals surface area (Å²) in [6.07, 6.45) is 0.0977. The van der Waals surface area contributed by atoms with Crippen LogP contribution < -0.4 is 9.61 Å². The van der Waals surface area contributed by atoms with Crippen molar-refractivity contribution >= 4 is 31.4 Å². The summed E-state index contributed by atoms with van der Waals surface area (Å²) in [4.78, 5) is 49.9. The molecule has 1 aromatic carbocycles. The molecule has 3 aliphatic heterocycles. The fourth-order valence-corrected chi connectivity index (χ4v) is 5.36. The molecule has 3 aliphatic rings. The van der Waals surface area contributed by atoms with Crippen molar-refractivity contribution in [3.8, 4) is 5.75 Å². The summed E-state index contributed by atoms with van der Waals surface area (Å²) in [5.74, 6) is -1.78. The highest BCUT2D eigenvalue weighted by molar-refractivity contribution is 7.52. The Kier molecular flexibility index (Phi) is 8.20. The summed E-state index contributed by atoms with van der Waals surface area (Å²) in [7, 11) is -4.15. The van der Waals surface area contributed by atoms with Gasteiger partial charge in [-0.1, -0.05) is 18.2 Å². The van der Waals surface area contributed by atoms with E-state index in [0.717, 1.165) is 0 Å². The minimum absolute atomic E-state index is 0.00348. The van der Waals surface area contributed by atoms with Gasteiger partial charge in [0.1, 0.15) is 30.2 Å². The first kappa shape index (κ1) is 26.0. The first-order valence-corrected chi connectivity index (χ1v) is 13.1. The van der Waals surface area contributed by atoms with Crippen molar-refractivity contribution < 1.29 is 47.0 Å². The molecule has 2 saturated heterocycles. The predicted molar refractivity (Wildman–Crippen MR) is 122 cm³/mol. The van der Waals surface area contributed by atoms with E-state index in [1.54, 1.807) is 30.3 Å². The number of carbonyl (C=O) groups is 4. The van der Waals surface area contributed by atoms with Crippen molar-refractivity contribution in [2.45, 2.75) is 57.1 Å². The van der Waals surface area contributed by atoms with Crippen LogP contribution in [0, 0.1) is 0 Å². The summed E-state index contributed by atoms with van der Waals surface area (Å²) in [6.45, 7) is 1.06. The van der Waals surface area contributed by atoms with E-state index in [0.29, 0.717) is 0 Å². The van der Waals surface area contributed by atoms with Crippen LogP contribution in [-0.2, 0) is 42.5 Å². The Labute approximate surface area is 207 Å². The van der Waals surface area contributed by atoms with Gasteiger partial charge < -0.3 is 18.7 Å². The van der Waals surface area contributed by atoms with Crippen molar-refractivity contribution in [3.63, 3.8) is 0 Å². The summed E-state index contributed by atoms with van der Waals surface area (Å²) in [5, 5.41) is 2.58. The predicted octanol–water partition coefficient (Wildman–Crippen LogP) is 1.85. The number of amides is 1. The van der Waals surface area contributed by atoms with Crippen LogP contribution in [0.5, 0.6) is 5.75 Å². The highest BCUT2D eigenvalue weighted by Gasteiger charge is 2.44. The fourth-order valence-electron chi connectivity index (χ4n) is 3.86. The van der Waals surface area contributed by atoms with E-state index in [4.69, 9.17) is 23.3 Å². The molecule has 2 fully saturated rings. The lowest BCUT2D eigenvalue weighted by Gasteiger charge is -2.27. The summed E-state index contributed by atoms with van der Waals surface area (Å²) in [6, 6.07) is 7.20. The molecule has 5 atom stereocenters. The molecule has 12 nitrogen and oxygen atoms in total. The Morgan fingerprint density at radius 1 is 1.11 bits per heavy atom. The number of nitrogens with one attached hydrogen (secondary N) is 1. The number of carbonyl (C=O) groups excluding carboxylic acids is 4. The second kappa shape index (κ2) is 11.3. The molecule has 1 aromatic rings. The molecule has 0 aromatic heterocycles. The quantitative estimate of drug-likeness (QED) is 0.352. The molecule has 13 heteroatoms. The Bertz CT molecular complexity index is 1080. The summed E-state index contributed by atoms with van der Waals surface area (Å²) < 4.78 is 41.6. The number of cyclic esters (lactones) is 1. The molecule has 0 radical (unpaired) electrons. The number of ether oxygens (including phenoxy) is 3. The molecule has 1 N–H and O–H groups in total. The molecule has 0 spiro atoms. The Morgan fingerprint density at radius 3 is 2.64 bits per heavy atom. The SMILES string of the molecule is C[C@@H]1NP(=O)(Oc2ccccc2)OC[C@H]2O[C@@H](N3C=CC(=O)CC3=O)C[C@@H]2OC(=O)CCCOC1=O. The average Bonchev–Trinajstić information content (AvgIpc) is 3.22. The molecule has 0 aliphatic carbocycles. The van der Waals surface area contributed by atoms with Gasteiger partial charge in [-0.15, -0.1) is 0 Å². The average molecular weight is 522 g/mol. The van der Waals surface area contributed by atoms with E-state index >= 15 is 0 Å². The second-order valence-corrected chi connectivity index (χ2v) is 10.2. The largest absolute Gasteiger partial charge is 0.465 e. The molecule has 3 heterocycles. The topological polar surface area (TPSA) is 147 Å². The van der Waals surface area contributed by atoms with E-state index < -0.39 is 50.1 Å². The molecular weight excluding hydrogens is 495 g/mol. The van der Waals surface area contributed by atoms with Crippen LogP contribution in [0.4, 0.5) is 0 Å². The maximum absolute atomic E-state index is 13.6. The van der Waals surface area contributed by atoms with Crippen molar-refractivity contribution in [2.24, 2.45) is 0 Å². The van der Waals surface area contributed by atoms with Crippen LogP contribution >= 0.6 is 7.75 Å². The smallest absolute Gasteiger partial charge is 0.459 e. The van der Waals surface area contributed by atoms with E-state index in [1.807, 2.05) is 0 Å². The first-order valence-electron chi connectivity index (χ1n) is 11.5. The van der Waals surface area contributed by atoms with E-state index in [-0.39, 0.29) is 50.4 Å². The number of hydrogen-bond donors (Lipinski definition) is 1. The number of fused-ring (bicyclic) bond motifs is 1. The maximum Gasteiger partial charge on any atom is 0.459 e. The lowest BCUT2D eigenvalue weighted by Crippen LogP contribution is -2.39. The number of para-hydroxylation sites is 1. The molecule has 0 saturated carbocycles. The summed E-state index contributed by atoms with van der Waals surface area (Å²) >= 11 is 0. The molecular formula is C23H27N2O10P. The van der Waals surface area contributed by atoms with Gasteiger partial charge in [0.15, 0.2) is 5.78 Å². The molecule has 4 rings (SSSR count). The minimum Gasteiger partial charge on any atom is -0.465 e. The van der Waals surface area contributed by atoms with Crippen LogP contribution in [-0.4, -0.2) is 66.2 Å². The normalized spacial score (nSPS) is 32.3. The standard InChI is InChI=1S/C23H27N2O10P/c1-15-23(29)31-11-5-8-22(28)34-18-13-21(25-10-9-16(26)12-20(25)27)33-19(18)14-32-36(30,24-15)35-17-6-3-2-4-7-17/h2-4,6-7,9-10,15,18-19,21H,5,8,11-14H2,1H3,(H,24,30)/t15-,18-,19+,21+,36?/m0/s1. The van der Waals surface area contributed by atoms with Crippen LogP contribution in [0.2, 0.25) is 0 Å². The third kappa shape index (κ3) is 6.58. The van der Waals surface area contributed by atoms with Crippen molar-refractivity contribution in [3.05, 3.63) is 42.6 Å². The first-order chi connectivity index (χ1) is 17.2. The number of esters is 2. The van der Waals surface area contributed by atoms with Gasteiger partial charge in [0.2, 0.25) is 5.91 Å². The van der Waals surface area contributed by atoms with Gasteiger partial charge in [0.05, 0.1) is 19.6 Å². The number of hydrogen-bond acceptors (Lipinski definition) is 10. The number of ketones is 1. The van der Waals surface area contributed by atoms with E-state index in [1.165, 1.54) is 24.1 Å². The fraction of sp³-hybridized carbons (Fsp3) is 0.478. The number of benzene rings is 1. The highest BCUT2D eigenvalue weighted by Crippen LogP contribution is 2.46. The zero-order valence-electron chi connectivity index (χ0n) is 19.6. The number of allylic oxidation sites excluding steroid dienone is 1. The zero-order valence-corrected chi connectivity index (χ0v) is 20.5. The van der Waals surface area contributed by atoms with Gasteiger partial charge in [-0.2, -0.15) is 5.09 Å². The van der Waals surface area contributed by atoms with Gasteiger partial charge in [-0.25, -0.2) is 4.57 Å². The molecule has 194 valence electrons. The van der Waals surface area contributed by atoms with Crippen LogP contribution in [0.25, 0.3) is 0 Å². The lowest BCUT2D eigenvalue weighted by atomic mass is 10.1. The zero-order chi connectivity index (χ0) is 25.7. The van der Waals surface area contributed by atoms with Gasteiger partial charge >= 0.3 is 19.7 Å². The Morgan fingerprint density at radius 2 is 1.89 bits per heavy atom. The van der Waals surface area contributed by atoms with Gasteiger partial charge in [-0.05, 0) is 31.6 Å². The highest BCUT2D eigenvalue weighted by atomic mass is 31.2. The molecule has 0 bridgehead atoms. The van der Waals surface area contributed by atoms with Crippen molar-refractivity contribution in [1.82, 2.24) is 9.99 Å². The van der Waals surface area contributed by atoms with Crippen LogP contribution in [0.1, 0.15) is 32.6 Å². The third-order valence-electron chi connectivity index (χ3n) is 5.66. The monoisotopic (exact) mass is 522 g/mol. The van der Waals surface area contributed by atoms with Gasteiger partial charge in [0, 0.05) is 19.0 Å². The minimum atomic E-state index is -4.15. The van der Waals surface area contributed by atoms with Gasteiger partial charge in [0.25, 0.3) is 0 Å². The Balaban J connectivity index is 1.56. The molecule has 36 heavy (non-hydrogen) atoms. The summed E-state index contributed by atoms with van der Waals surface area (Å²) in [5.41, 5.74) is 0. The maximum atomic E-state index is 13.6.